The highest BCUT2D eigenvalue weighted by atomic mass is 16.5. The lowest BCUT2D eigenvalue weighted by molar-refractivity contribution is -0.138. The Morgan fingerprint density at radius 3 is 2.52 bits per heavy atom. The van der Waals surface area contributed by atoms with Crippen LogP contribution in [0.15, 0.2) is 54.6 Å². The summed E-state index contributed by atoms with van der Waals surface area (Å²) >= 11 is 0. The van der Waals surface area contributed by atoms with Crippen molar-refractivity contribution in [3.05, 3.63) is 77.1 Å². The van der Waals surface area contributed by atoms with Gasteiger partial charge in [-0.15, -0.1) is 0 Å². The summed E-state index contributed by atoms with van der Waals surface area (Å²) in [7, 11) is 3.16. The van der Waals surface area contributed by atoms with Crippen LogP contribution in [0.5, 0.6) is 11.5 Å². The molecule has 0 bridgehead atoms. The van der Waals surface area contributed by atoms with Gasteiger partial charge in [-0.1, -0.05) is 18.2 Å². The number of ether oxygens (including phenoxy) is 3. The Bertz CT molecular complexity index is 1020. The second-order valence-corrected chi connectivity index (χ2v) is 6.45. The minimum atomic E-state index is -0.443. The van der Waals surface area contributed by atoms with Crippen LogP contribution in [0, 0.1) is 13.8 Å². The van der Waals surface area contributed by atoms with Gasteiger partial charge in [-0.05, 0) is 50.3 Å². The van der Waals surface area contributed by atoms with Crippen LogP contribution in [0.25, 0.3) is 11.8 Å². The molecule has 0 spiro atoms. The Hall–Kier alpha value is -3.54. The van der Waals surface area contributed by atoms with Gasteiger partial charge < -0.3 is 14.2 Å². The lowest BCUT2D eigenvalue weighted by Crippen LogP contribution is -2.03. The highest BCUT2D eigenvalue weighted by Gasteiger charge is 2.14. The Morgan fingerprint density at radius 1 is 1.07 bits per heavy atom. The van der Waals surface area contributed by atoms with Gasteiger partial charge in [-0.25, -0.2) is 9.48 Å². The van der Waals surface area contributed by atoms with Crippen molar-refractivity contribution >= 4 is 12.0 Å². The van der Waals surface area contributed by atoms with E-state index in [0.717, 1.165) is 28.2 Å². The van der Waals surface area contributed by atoms with Crippen molar-refractivity contribution in [1.29, 1.82) is 0 Å². The van der Waals surface area contributed by atoms with Crippen LogP contribution < -0.4 is 9.47 Å². The molecule has 6 heteroatoms. The summed E-state index contributed by atoms with van der Waals surface area (Å²) in [5, 5.41) is 4.57. The zero-order valence-corrected chi connectivity index (χ0v) is 17.0. The highest BCUT2D eigenvalue weighted by Crippen LogP contribution is 2.25. The predicted octanol–water partition coefficient (Wildman–Crippen LogP) is 4.26. The molecule has 0 aliphatic heterocycles. The van der Waals surface area contributed by atoms with Crippen molar-refractivity contribution < 1.29 is 19.0 Å². The van der Waals surface area contributed by atoms with Gasteiger partial charge in [0.2, 0.25) is 0 Å². The number of carbonyl (C=O) groups excluding carboxylic acids is 1. The number of aryl methyl sites for hydroxylation is 1. The van der Waals surface area contributed by atoms with Gasteiger partial charge in [0.25, 0.3) is 0 Å². The zero-order valence-electron chi connectivity index (χ0n) is 17.0. The summed E-state index contributed by atoms with van der Waals surface area (Å²) < 4.78 is 17.8. The van der Waals surface area contributed by atoms with Gasteiger partial charge >= 0.3 is 5.97 Å². The van der Waals surface area contributed by atoms with E-state index < -0.39 is 5.97 Å². The molecule has 0 unspecified atom stereocenters. The fraction of sp³-hybridized carbons (Fsp3) is 0.217. The second-order valence-electron chi connectivity index (χ2n) is 6.45. The largest absolute Gasteiger partial charge is 0.497 e. The third-order valence-electron chi connectivity index (χ3n) is 4.64. The maximum atomic E-state index is 12.2. The van der Waals surface area contributed by atoms with Gasteiger partial charge in [0.1, 0.15) is 18.1 Å². The third kappa shape index (κ3) is 4.66. The minimum Gasteiger partial charge on any atom is -0.497 e. The summed E-state index contributed by atoms with van der Waals surface area (Å²) in [4.78, 5) is 12.2. The average Bonchev–Trinajstić information content (AvgIpc) is 3.04. The summed E-state index contributed by atoms with van der Waals surface area (Å²) in [6, 6.07) is 15.2. The van der Waals surface area contributed by atoms with Gasteiger partial charge in [0.15, 0.2) is 0 Å². The van der Waals surface area contributed by atoms with E-state index in [0.29, 0.717) is 11.5 Å². The summed E-state index contributed by atoms with van der Waals surface area (Å²) in [5.41, 5.74) is 4.37. The van der Waals surface area contributed by atoms with Crippen molar-refractivity contribution in [1.82, 2.24) is 9.78 Å². The normalized spacial score (nSPS) is 10.9. The number of carbonyl (C=O) groups is 1. The number of aromatic nitrogens is 2. The fourth-order valence-electron chi connectivity index (χ4n) is 3.02. The number of esters is 1. The number of hydrogen-bond donors (Lipinski definition) is 0. The molecule has 0 saturated carbocycles. The number of methoxy groups -OCH3 is 2. The van der Waals surface area contributed by atoms with Crippen LogP contribution in [-0.2, 0) is 16.1 Å². The molecule has 0 aliphatic carbocycles. The first-order chi connectivity index (χ1) is 14.0. The maximum absolute atomic E-state index is 12.2. The van der Waals surface area contributed by atoms with Crippen molar-refractivity contribution in [2.24, 2.45) is 0 Å². The maximum Gasteiger partial charge on any atom is 0.331 e. The molecular weight excluding hydrogens is 368 g/mol. The standard InChI is InChI=1S/C23H24N2O4/c1-16-21(17(2)25(24-16)19-8-6-5-7-9-19)15-29-23(26)13-10-18-14-20(27-3)11-12-22(18)28-4/h5-14H,15H2,1-4H3/b13-10+. The number of benzene rings is 2. The Balaban J connectivity index is 1.70. The van der Waals surface area contributed by atoms with Crippen LogP contribution in [0.4, 0.5) is 0 Å². The van der Waals surface area contributed by atoms with Crippen LogP contribution in [0.1, 0.15) is 22.5 Å². The Morgan fingerprint density at radius 2 is 1.83 bits per heavy atom. The summed E-state index contributed by atoms with van der Waals surface area (Å²) in [6.07, 6.45) is 3.03. The quantitative estimate of drug-likeness (QED) is 0.444. The molecule has 3 aromatic rings. The van der Waals surface area contributed by atoms with Gasteiger partial charge in [0.05, 0.1) is 25.6 Å². The van der Waals surface area contributed by atoms with Crippen LogP contribution >= 0.6 is 0 Å². The van der Waals surface area contributed by atoms with Gasteiger partial charge in [-0.2, -0.15) is 5.10 Å². The number of para-hydroxylation sites is 1. The first-order valence-corrected chi connectivity index (χ1v) is 9.21. The molecule has 0 N–H and O–H groups in total. The van der Waals surface area contributed by atoms with Crippen molar-refractivity contribution in [3.8, 4) is 17.2 Å². The molecule has 0 atom stereocenters. The first kappa shape index (κ1) is 20.2. The average molecular weight is 392 g/mol. The van der Waals surface area contributed by atoms with Crippen molar-refractivity contribution in [3.63, 3.8) is 0 Å². The van der Waals surface area contributed by atoms with E-state index in [1.165, 1.54) is 6.08 Å². The van der Waals surface area contributed by atoms with Crippen molar-refractivity contribution in [2.75, 3.05) is 14.2 Å². The summed E-state index contributed by atoms with van der Waals surface area (Å²) in [6.45, 7) is 4.03. The molecule has 29 heavy (non-hydrogen) atoms. The molecule has 3 rings (SSSR count). The van der Waals surface area contributed by atoms with E-state index in [4.69, 9.17) is 14.2 Å². The molecule has 6 nitrogen and oxygen atoms in total. The molecule has 150 valence electrons. The minimum absolute atomic E-state index is 0.156. The topological polar surface area (TPSA) is 62.6 Å². The molecule has 0 saturated heterocycles. The Labute approximate surface area is 170 Å². The molecule has 2 aromatic carbocycles. The van der Waals surface area contributed by atoms with Gasteiger partial charge in [0, 0.05) is 22.9 Å². The SMILES string of the molecule is COc1ccc(OC)c(/C=C/C(=O)OCc2c(C)nn(-c3ccccc3)c2C)c1. The van der Waals surface area contributed by atoms with Gasteiger partial charge in [-0.3, -0.25) is 0 Å². The van der Waals surface area contributed by atoms with E-state index in [1.807, 2.05) is 48.9 Å². The van der Waals surface area contributed by atoms with Crippen LogP contribution in [0.2, 0.25) is 0 Å². The van der Waals surface area contributed by atoms with Crippen LogP contribution in [-0.4, -0.2) is 30.0 Å². The molecule has 0 aliphatic rings. The monoisotopic (exact) mass is 392 g/mol. The van der Waals surface area contributed by atoms with Crippen LogP contribution in [0.3, 0.4) is 0 Å². The number of hydrogen-bond acceptors (Lipinski definition) is 5. The fourth-order valence-corrected chi connectivity index (χ4v) is 3.02. The summed E-state index contributed by atoms with van der Waals surface area (Å²) in [5.74, 6) is 0.880. The smallest absolute Gasteiger partial charge is 0.331 e. The zero-order chi connectivity index (χ0) is 20.8. The first-order valence-electron chi connectivity index (χ1n) is 9.21. The molecule has 1 aromatic heterocycles. The van der Waals surface area contributed by atoms with E-state index in [-0.39, 0.29) is 6.61 Å². The molecular formula is C23H24N2O4. The lowest BCUT2D eigenvalue weighted by atomic mass is 10.1. The van der Waals surface area contributed by atoms with E-state index >= 15 is 0 Å². The Kier molecular flexibility index (Phi) is 6.34. The second kappa shape index (κ2) is 9.10. The highest BCUT2D eigenvalue weighted by molar-refractivity contribution is 5.87. The number of nitrogens with zero attached hydrogens (tertiary/aromatic N) is 2. The lowest BCUT2D eigenvalue weighted by Gasteiger charge is -2.07. The van der Waals surface area contributed by atoms with E-state index in [2.05, 4.69) is 5.10 Å². The molecule has 0 fully saturated rings. The predicted molar refractivity (Wildman–Crippen MR) is 111 cm³/mol. The van der Waals surface area contributed by atoms with E-state index in [9.17, 15) is 4.79 Å². The molecule has 1 heterocycles. The molecule has 0 radical (unpaired) electrons. The van der Waals surface area contributed by atoms with E-state index in [1.54, 1.807) is 38.5 Å². The van der Waals surface area contributed by atoms with Crippen molar-refractivity contribution in [2.45, 2.75) is 20.5 Å². The number of rotatable bonds is 7. The third-order valence-corrected chi connectivity index (χ3v) is 4.64. The molecule has 0 amide bonds.